The van der Waals surface area contributed by atoms with Crippen molar-refractivity contribution >= 4 is 45.8 Å². The average Bonchev–Trinajstić information content (AvgIpc) is 2.65. The zero-order chi connectivity index (χ0) is 19.6. The van der Waals surface area contributed by atoms with Crippen LogP contribution in [-0.2, 0) is 0 Å². The molecule has 1 heterocycles. The van der Waals surface area contributed by atoms with Gasteiger partial charge in [0.2, 0.25) is 0 Å². The number of pyridine rings is 1. The summed E-state index contributed by atoms with van der Waals surface area (Å²) in [5.74, 6) is 0.458. The van der Waals surface area contributed by atoms with Gasteiger partial charge in [-0.05, 0) is 50.5 Å². The van der Waals surface area contributed by atoms with Crippen LogP contribution in [0.4, 0.5) is 10.5 Å². The molecule has 1 aromatic heterocycles. The summed E-state index contributed by atoms with van der Waals surface area (Å²) in [4.78, 5) is 18.3. The van der Waals surface area contributed by atoms with Gasteiger partial charge in [-0.1, -0.05) is 18.5 Å². The van der Waals surface area contributed by atoms with E-state index in [0.29, 0.717) is 24.0 Å². The number of rotatable bonds is 10. The van der Waals surface area contributed by atoms with Crippen molar-refractivity contribution in [3.8, 4) is 0 Å². The van der Waals surface area contributed by atoms with Crippen molar-refractivity contribution < 1.29 is 4.79 Å². The number of aromatic nitrogens is 1. The monoisotopic (exact) mass is 410 g/mol. The van der Waals surface area contributed by atoms with E-state index in [1.807, 2.05) is 24.3 Å². The number of urea groups is 1. The van der Waals surface area contributed by atoms with Gasteiger partial charge in [-0.3, -0.25) is 4.98 Å². The standard InChI is InChI=1S/C20H28Cl2N4O/c1-3-12-26(13-9-21)20(27)24-10-4-5-15(2)25-18-8-11-23-19-14-16(22)6-7-17(18)19/h6-8,11,14-15H,3-5,9-10,12-13H2,1-2H3,(H,23,25)(H,24,27). The number of fused-ring (bicyclic) bond motifs is 1. The molecular formula is C20H28Cl2N4O. The van der Waals surface area contributed by atoms with Crippen LogP contribution in [0.1, 0.15) is 33.1 Å². The van der Waals surface area contributed by atoms with E-state index in [-0.39, 0.29) is 12.1 Å². The molecule has 1 atom stereocenters. The number of nitrogens with one attached hydrogen (secondary N) is 2. The Bertz CT molecular complexity index is 735. The summed E-state index contributed by atoms with van der Waals surface area (Å²) < 4.78 is 0. The lowest BCUT2D eigenvalue weighted by Gasteiger charge is -2.22. The van der Waals surface area contributed by atoms with E-state index in [2.05, 4.69) is 29.5 Å². The van der Waals surface area contributed by atoms with Crippen LogP contribution < -0.4 is 10.6 Å². The molecule has 2 amide bonds. The fraction of sp³-hybridized carbons (Fsp3) is 0.500. The molecule has 0 saturated heterocycles. The summed E-state index contributed by atoms with van der Waals surface area (Å²) in [5.41, 5.74) is 1.92. The fourth-order valence-electron chi connectivity index (χ4n) is 2.99. The van der Waals surface area contributed by atoms with Gasteiger partial charge < -0.3 is 15.5 Å². The summed E-state index contributed by atoms with van der Waals surface area (Å²) in [6.45, 7) is 6.16. The highest BCUT2D eigenvalue weighted by atomic mass is 35.5. The van der Waals surface area contributed by atoms with Crippen molar-refractivity contribution in [2.45, 2.75) is 39.2 Å². The van der Waals surface area contributed by atoms with E-state index < -0.39 is 0 Å². The van der Waals surface area contributed by atoms with Crippen molar-refractivity contribution in [2.75, 3.05) is 30.8 Å². The first-order valence-corrected chi connectivity index (χ1v) is 10.4. The highest BCUT2D eigenvalue weighted by Crippen LogP contribution is 2.25. The maximum absolute atomic E-state index is 12.2. The van der Waals surface area contributed by atoms with E-state index >= 15 is 0 Å². The van der Waals surface area contributed by atoms with E-state index in [1.54, 1.807) is 11.1 Å². The summed E-state index contributed by atoms with van der Waals surface area (Å²) >= 11 is 11.8. The third-order valence-corrected chi connectivity index (χ3v) is 4.74. The maximum Gasteiger partial charge on any atom is 0.317 e. The smallest absolute Gasteiger partial charge is 0.317 e. The molecule has 0 aliphatic heterocycles. The molecule has 1 unspecified atom stereocenters. The number of anilines is 1. The molecule has 0 aliphatic rings. The number of nitrogens with zero attached hydrogens (tertiary/aromatic N) is 2. The number of carbonyl (C=O) groups excluding carboxylic acids is 1. The van der Waals surface area contributed by atoms with Crippen LogP contribution in [0.15, 0.2) is 30.5 Å². The number of halogens is 2. The van der Waals surface area contributed by atoms with Crippen LogP contribution in [0.5, 0.6) is 0 Å². The van der Waals surface area contributed by atoms with Gasteiger partial charge in [0.05, 0.1) is 5.52 Å². The number of benzene rings is 1. The third kappa shape index (κ3) is 6.74. The first-order chi connectivity index (χ1) is 13.0. The molecule has 0 aliphatic carbocycles. The molecule has 1 aromatic carbocycles. The second-order valence-electron chi connectivity index (χ2n) is 6.62. The van der Waals surface area contributed by atoms with Gasteiger partial charge in [0, 0.05) is 53.8 Å². The first kappa shape index (κ1) is 21.6. The molecule has 7 heteroatoms. The second kappa shape index (κ2) is 11.2. The van der Waals surface area contributed by atoms with E-state index in [0.717, 1.165) is 42.4 Å². The van der Waals surface area contributed by atoms with Crippen molar-refractivity contribution in [3.63, 3.8) is 0 Å². The first-order valence-electron chi connectivity index (χ1n) is 9.44. The van der Waals surface area contributed by atoms with E-state index in [1.165, 1.54) is 0 Å². The fourth-order valence-corrected chi connectivity index (χ4v) is 3.36. The number of hydrogen-bond acceptors (Lipinski definition) is 3. The molecule has 5 nitrogen and oxygen atoms in total. The molecule has 2 aromatic rings. The summed E-state index contributed by atoms with van der Waals surface area (Å²) in [6.07, 6.45) is 4.56. The van der Waals surface area contributed by atoms with Crippen LogP contribution in [-0.4, -0.2) is 47.5 Å². The van der Waals surface area contributed by atoms with E-state index in [4.69, 9.17) is 23.2 Å². The normalized spacial score (nSPS) is 12.0. The predicted octanol–water partition coefficient (Wildman–Crippen LogP) is 5.13. The number of amides is 2. The highest BCUT2D eigenvalue weighted by Gasteiger charge is 2.11. The van der Waals surface area contributed by atoms with Crippen LogP contribution in [0, 0.1) is 0 Å². The third-order valence-electron chi connectivity index (χ3n) is 4.33. The zero-order valence-corrected chi connectivity index (χ0v) is 17.5. The van der Waals surface area contributed by atoms with Crippen molar-refractivity contribution in [3.05, 3.63) is 35.5 Å². The summed E-state index contributed by atoms with van der Waals surface area (Å²) in [7, 11) is 0. The SMILES string of the molecule is CCCN(CCCl)C(=O)NCCCC(C)Nc1ccnc2cc(Cl)ccc12. The highest BCUT2D eigenvalue weighted by molar-refractivity contribution is 6.31. The number of carbonyl (C=O) groups is 1. The van der Waals surface area contributed by atoms with Gasteiger partial charge in [0.15, 0.2) is 0 Å². The molecule has 0 fully saturated rings. The lowest BCUT2D eigenvalue weighted by molar-refractivity contribution is 0.200. The number of alkyl halides is 1. The molecule has 2 N–H and O–H groups in total. The molecular weight excluding hydrogens is 383 g/mol. The van der Waals surface area contributed by atoms with Gasteiger partial charge in [0.1, 0.15) is 0 Å². The Balaban J connectivity index is 1.80. The minimum absolute atomic E-state index is 0.0323. The topological polar surface area (TPSA) is 57.3 Å². The van der Waals surface area contributed by atoms with Gasteiger partial charge >= 0.3 is 6.03 Å². The maximum atomic E-state index is 12.2. The van der Waals surface area contributed by atoms with Gasteiger partial charge in [-0.15, -0.1) is 11.6 Å². The molecule has 0 spiro atoms. The molecule has 0 bridgehead atoms. The lowest BCUT2D eigenvalue weighted by atomic mass is 10.1. The Hall–Kier alpha value is -1.72. The molecule has 0 radical (unpaired) electrons. The van der Waals surface area contributed by atoms with Crippen molar-refractivity contribution in [1.29, 1.82) is 0 Å². The summed E-state index contributed by atoms with van der Waals surface area (Å²) in [5, 5.41) is 8.25. The zero-order valence-electron chi connectivity index (χ0n) is 16.0. The Kier molecular flexibility index (Phi) is 8.95. The van der Waals surface area contributed by atoms with Gasteiger partial charge in [-0.25, -0.2) is 4.79 Å². The minimum Gasteiger partial charge on any atom is -0.382 e. The molecule has 2 rings (SSSR count). The average molecular weight is 411 g/mol. The van der Waals surface area contributed by atoms with Gasteiger partial charge in [-0.2, -0.15) is 0 Å². The quantitative estimate of drug-likeness (QED) is 0.421. The predicted molar refractivity (Wildman–Crippen MR) is 115 cm³/mol. The van der Waals surface area contributed by atoms with Gasteiger partial charge in [0.25, 0.3) is 0 Å². The Morgan fingerprint density at radius 1 is 1.30 bits per heavy atom. The Morgan fingerprint density at radius 2 is 2.11 bits per heavy atom. The van der Waals surface area contributed by atoms with E-state index in [9.17, 15) is 4.79 Å². The van der Waals surface area contributed by atoms with Crippen LogP contribution in [0.2, 0.25) is 5.02 Å². The van der Waals surface area contributed by atoms with Crippen molar-refractivity contribution in [2.24, 2.45) is 0 Å². The molecule has 27 heavy (non-hydrogen) atoms. The number of hydrogen-bond donors (Lipinski definition) is 2. The summed E-state index contributed by atoms with van der Waals surface area (Å²) in [6, 6.07) is 7.95. The second-order valence-corrected chi connectivity index (χ2v) is 7.43. The molecule has 148 valence electrons. The van der Waals surface area contributed by atoms with Crippen LogP contribution in [0.25, 0.3) is 10.9 Å². The lowest BCUT2D eigenvalue weighted by Crippen LogP contribution is -2.42. The van der Waals surface area contributed by atoms with Crippen LogP contribution >= 0.6 is 23.2 Å². The van der Waals surface area contributed by atoms with Crippen LogP contribution in [0.3, 0.4) is 0 Å². The largest absolute Gasteiger partial charge is 0.382 e. The Morgan fingerprint density at radius 3 is 2.85 bits per heavy atom. The van der Waals surface area contributed by atoms with Crippen molar-refractivity contribution in [1.82, 2.24) is 15.2 Å². The Labute approximate surface area is 171 Å². The minimum atomic E-state index is -0.0323. The molecule has 0 saturated carbocycles.